The number of hydrogen-bond donors (Lipinski definition) is 1. The maximum Gasteiger partial charge on any atom is 0.137 e. The predicted molar refractivity (Wildman–Crippen MR) is 60.0 cm³/mol. The number of likely N-dealkylation sites (tertiary alicyclic amines) is 1. The average Bonchev–Trinajstić information content (AvgIpc) is 2.17. The Hall–Kier alpha value is -0.450. The summed E-state index contributed by atoms with van der Waals surface area (Å²) in [5, 5.41) is 8.87. The summed E-state index contributed by atoms with van der Waals surface area (Å²) in [6, 6.07) is 5.08. The molecule has 0 radical (unpaired) electrons. The highest BCUT2D eigenvalue weighted by molar-refractivity contribution is 9.10. The Balaban J connectivity index is 1.97. The second-order valence-electron chi connectivity index (χ2n) is 3.96. The molecule has 15 heavy (non-hydrogen) atoms. The molecule has 2 rings (SSSR count). The first-order chi connectivity index (χ1) is 7.20. The molecule has 1 fully saturated rings. The van der Waals surface area contributed by atoms with Crippen LogP contribution in [0, 0.1) is 11.7 Å². The van der Waals surface area contributed by atoms with Gasteiger partial charge in [-0.25, -0.2) is 4.39 Å². The van der Waals surface area contributed by atoms with Crippen LogP contribution in [0.3, 0.4) is 0 Å². The van der Waals surface area contributed by atoms with Gasteiger partial charge in [0.05, 0.1) is 4.47 Å². The van der Waals surface area contributed by atoms with E-state index >= 15 is 0 Å². The third-order valence-corrected chi connectivity index (χ3v) is 3.60. The molecule has 0 bridgehead atoms. The number of nitrogens with zero attached hydrogens (tertiary/aromatic N) is 1. The predicted octanol–water partition coefficient (Wildman–Crippen LogP) is 2.01. The van der Waals surface area contributed by atoms with Crippen LogP contribution in [-0.4, -0.2) is 29.7 Å². The van der Waals surface area contributed by atoms with Gasteiger partial charge in [-0.05, 0) is 27.6 Å². The minimum Gasteiger partial charge on any atom is -0.396 e. The van der Waals surface area contributed by atoms with Gasteiger partial charge in [-0.3, -0.25) is 4.90 Å². The van der Waals surface area contributed by atoms with Crippen molar-refractivity contribution < 1.29 is 9.50 Å². The van der Waals surface area contributed by atoms with E-state index in [0.29, 0.717) is 10.4 Å². The van der Waals surface area contributed by atoms with Crippen molar-refractivity contribution in [1.82, 2.24) is 4.90 Å². The zero-order valence-electron chi connectivity index (χ0n) is 8.29. The van der Waals surface area contributed by atoms with Gasteiger partial charge in [0.2, 0.25) is 0 Å². The summed E-state index contributed by atoms with van der Waals surface area (Å²) in [7, 11) is 0. The summed E-state index contributed by atoms with van der Waals surface area (Å²) in [4.78, 5) is 2.19. The monoisotopic (exact) mass is 273 g/mol. The fourth-order valence-electron chi connectivity index (χ4n) is 1.83. The molecule has 0 unspecified atom stereocenters. The first kappa shape index (κ1) is 11.0. The van der Waals surface area contributed by atoms with Gasteiger partial charge in [-0.15, -0.1) is 0 Å². The molecule has 0 aliphatic carbocycles. The lowest BCUT2D eigenvalue weighted by molar-refractivity contribution is 0.0477. The molecule has 1 saturated heterocycles. The van der Waals surface area contributed by atoms with Crippen molar-refractivity contribution in [3.63, 3.8) is 0 Å². The summed E-state index contributed by atoms with van der Waals surface area (Å²) in [5.74, 6) is 0.184. The van der Waals surface area contributed by atoms with Gasteiger partial charge < -0.3 is 5.11 Å². The number of halogens is 2. The molecular formula is C11H13BrFNO. The van der Waals surface area contributed by atoms with Gasteiger partial charge in [0.1, 0.15) is 5.82 Å². The van der Waals surface area contributed by atoms with Crippen LogP contribution in [0.5, 0.6) is 0 Å². The van der Waals surface area contributed by atoms with Crippen LogP contribution in [0.25, 0.3) is 0 Å². The lowest BCUT2D eigenvalue weighted by Gasteiger charge is -2.38. The van der Waals surface area contributed by atoms with Crippen LogP contribution in [0.4, 0.5) is 4.39 Å². The fourth-order valence-corrected chi connectivity index (χ4v) is 2.22. The van der Waals surface area contributed by atoms with Gasteiger partial charge in [-0.1, -0.05) is 12.1 Å². The molecule has 1 heterocycles. The molecule has 82 valence electrons. The number of aliphatic hydroxyl groups excluding tert-OH is 1. The van der Waals surface area contributed by atoms with Crippen molar-refractivity contribution in [2.24, 2.45) is 5.92 Å². The summed E-state index contributed by atoms with van der Waals surface area (Å²) in [6.45, 7) is 2.80. The molecular weight excluding hydrogens is 261 g/mol. The Labute approximate surface area is 96.8 Å². The Morgan fingerprint density at radius 1 is 1.47 bits per heavy atom. The van der Waals surface area contributed by atoms with E-state index < -0.39 is 0 Å². The molecule has 0 aromatic heterocycles. The van der Waals surface area contributed by atoms with E-state index in [2.05, 4.69) is 20.8 Å². The second kappa shape index (κ2) is 4.60. The summed E-state index contributed by atoms with van der Waals surface area (Å²) >= 11 is 3.24. The van der Waals surface area contributed by atoms with Crippen molar-refractivity contribution in [3.05, 3.63) is 34.1 Å². The molecule has 0 atom stereocenters. The summed E-state index contributed by atoms with van der Waals surface area (Å²) in [5.41, 5.74) is 0.964. The maximum absolute atomic E-state index is 13.2. The maximum atomic E-state index is 13.2. The number of hydrogen-bond acceptors (Lipinski definition) is 2. The molecule has 0 saturated carbocycles. The SMILES string of the molecule is OCC1CN(Cc2cccc(F)c2Br)C1. The Kier molecular flexibility index (Phi) is 3.38. The van der Waals surface area contributed by atoms with Crippen molar-refractivity contribution >= 4 is 15.9 Å². The van der Waals surface area contributed by atoms with Crippen LogP contribution < -0.4 is 0 Å². The van der Waals surface area contributed by atoms with E-state index in [1.807, 2.05) is 6.07 Å². The topological polar surface area (TPSA) is 23.5 Å². The molecule has 2 nitrogen and oxygen atoms in total. The van der Waals surface area contributed by atoms with E-state index in [-0.39, 0.29) is 12.4 Å². The summed E-state index contributed by atoms with van der Waals surface area (Å²) < 4.78 is 13.7. The third-order valence-electron chi connectivity index (χ3n) is 2.72. The normalized spacial score (nSPS) is 17.8. The highest BCUT2D eigenvalue weighted by Crippen LogP contribution is 2.24. The zero-order valence-corrected chi connectivity index (χ0v) is 9.87. The Morgan fingerprint density at radius 2 is 2.20 bits per heavy atom. The standard InChI is InChI=1S/C11H13BrFNO/c12-11-9(2-1-3-10(11)13)6-14-4-8(5-14)7-15/h1-3,8,15H,4-7H2. The number of rotatable bonds is 3. The second-order valence-corrected chi connectivity index (χ2v) is 4.75. The van der Waals surface area contributed by atoms with Gasteiger partial charge in [-0.2, -0.15) is 0 Å². The highest BCUT2D eigenvalue weighted by atomic mass is 79.9. The van der Waals surface area contributed by atoms with Crippen LogP contribution in [0.15, 0.2) is 22.7 Å². The molecule has 1 N–H and O–H groups in total. The first-order valence-corrected chi connectivity index (χ1v) is 5.76. The lowest BCUT2D eigenvalue weighted by atomic mass is 10.0. The van der Waals surface area contributed by atoms with E-state index in [4.69, 9.17) is 5.11 Å². The van der Waals surface area contributed by atoms with Crippen molar-refractivity contribution in [1.29, 1.82) is 0 Å². The first-order valence-electron chi connectivity index (χ1n) is 4.97. The molecule has 1 aromatic rings. The average molecular weight is 274 g/mol. The number of aliphatic hydroxyl groups is 1. The van der Waals surface area contributed by atoms with Crippen LogP contribution in [0.2, 0.25) is 0 Å². The smallest absolute Gasteiger partial charge is 0.137 e. The number of benzene rings is 1. The van der Waals surface area contributed by atoms with Gasteiger partial charge in [0.15, 0.2) is 0 Å². The highest BCUT2D eigenvalue weighted by Gasteiger charge is 2.26. The Morgan fingerprint density at radius 3 is 2.87 bits per heavy atom. The molecule has 1 aliphatic heterocycles. The zero-order chi connectivity index (χ0) is 10.8. The summed E-state index contributed by atoms with van der Waals surface area (Å²) in [6.07, 6.45) is 0. The van der Waals surface area contributed by atoms with Crippen molar-refractivity contribution in [3.8, 4) is 0 Å². The lowest BCUT2D eigenvalue weighted by Crippen LogP contribution is -2.47. The molecule has 0 spiro atoms. The fraction of sp³-hybridized carbons (Fsp3) is 0.455. The van der Waals surface area contributed by atoms with Gasteiger partial charge >= 0.3 is 0 Å². The van der Waals surface area contributed by atoms with Crippen LogP contribution in [-0.2, 0) is 6.54 Å². The minimum absolute atomic E-state index is 0.216. The van der Waals surface area contributed by atoms with E-state index in [1.165, 1.54) is 6.07 Å². The van der Waals surface area contributed by atoms with E-state index in [9.17, 15) is 4.39 Å². The van der Waals surface area contributed by atoms with Crippen molar-refractivity contribution in [2.45, 2.75) is 6.54 Å². The van der Waals surface area contributed by atoms with Gasteiger partial charge in [0, 0.05) is 32.2 Å². The van der Waals surface area contributed by atoms with Crippen LogP contribution in [0.1, 0.15) is 5.56 Å². The largest absolute Gasteiger partial charge is 0.396 e. The molecule has 1 aliphatic rings. The molecule has 0 amide bonds. The molecule has 1 aromatic carbocycles. The quantitative estimate of drug-likeness (QED) is 0.911. The molecule has 4 heteroatoms. The Bertz CT molecular complexity index is 352. The van der Waals surface area contributed by atoms with E-state index in [1.54, 1.807) is 6.07 Å². The van der Waals surface area contributed by atoms with Crippen molar-refractivity contribution in [2.75, 3.05) is 19.7 Å². The van der Waals surface area contributed by atoms with Crippen LogP contribution >= 0.6 is 15.9 Å². The minimum atomic E-state index is -0.216. The third kappa shape index (κ3) is 2.38. The van der Waals surface area contributed by atoms with E-state index in [0.717, 1.165) is 25.2 Å². The van der Waals surface area contributed by atoms with Gasteiger partial charge in [0.25, 0.3) is 0 Å².